The van der Waals surface area contributed by atoms with Crippen molar-refractivity contribution in [1.82, 2.24) is 0 Å². The van der Waals surface area contributed by atoms with E-state index in [4.69, 9.17) is 19.3 Å². The van der Waals surface area contributed by atoms with Gasteiger partial charge >= 0.3 is 23.9 Å². The van der Waals surface area contributed by atoms with E-state index in [1.807, 2.05) is 0 Å². The molecule has 1 unspecified atom stereocenters. The molecule has 0 saturated carbocycles. The van der Waals surface area contributed by atoms with Crippen LogP contribution in [0, 0.1) is 5.41 Å². The number of rotatable bonds is 48. The summed E-state index contributed by atoms with van der Waals surface area (Å²) < 4.78 is 16.6. The van der Waals surface area contributed by atoms with Crippen molar-refractivity contribution in [1.29, 1.82) is 0 Å². The fourth-order valence-electron chi connectivity index (χ4n) is 7.71. The van der Waals surface area contributed by atoms with Crippen LogP contribution in [0.15, 0.2) is 0 Å². The Hall–Kier alpha value is -2.16. The van der Waals surface area contributed by atoms with Crippen LogP contribution >= 0.6 is 0 Å². The third-order valence-corrected chi connectivity index (χ3v) is 11.9. The average Bonchev–Trinajstić information content (AvgIpc) is 3.24. The molecule has 9 heteroatoms. The molecule has 0 aliphatic rings. The molecule has 0 aliphatic heterocycles. The molecule has 0 heterocycles. The Balaban J connectivity index is 4.32. The van der Waals surface area contributed by atoms with Crippen LogP contribution in [0.4, 0.5) is 0 Å². The first-order chi connectivity index (χ1) is 29.3. The van der Waals surface area contributed by atoms with Gasteiger partial charge in [-0.25, -0.2) is 0 Å². The highest BCUT2D eigenvalue weighted by Crippen LogP contribution is 2.22. The summed E-state index contributed by atoms with van der Waals surface area (Å²) in [5.74, 6) is -2.23. The molecular formula is C51H96O9. The maximum absolute atomic E-state index is 12.7. The number of aliphatic carboxylic acids is 1. The summed E-state index contributed by atoms with van der Waals surface area (Å²) in [7, 11) is 0. The Bertz CT molecular complexity index is 986. The molecule has 0 rings (SSSR count). The molecule has 0 bridgehead atoms. The molecule has 60 heavy (non-hydrogen) atoms. The number of esters is 3. The van der Waals surface area contributed by atoms with Gasteiger partial charge in [0.05, 0.1) is 12.0 Å². The third-order valence-electron chi connectivity index (χ3n) is 11.9. The van der Waals surface area contributed by atoms with E-state index in [1.165, 1.54) is 180 Å². The molecule has 0 aromatic heterocycles. The quantitative estimate of drug-likeness (QED) is 0.0348. The van der Waals surface area contributed by atoms with E-state index >= 15 is 0 Å². The van der Waals surface area contributed by atoms with Crippen LogP contribution in [0.5, 0.6) is 0 Å². The maximum atomic E-state index is 12.7. The van der Waals surface area contributed by atoms with E-state index < -0.39 is 24.0 Å². The fourth-order valence-corrected chi connectivity index (χ4v) is 7.71. The number of aliphatic hydroxyl groups is 1. The lowest BCUT2D eigenvalue weighted by atomic mass is 9.92. The number of hydrogen-bond donors (Lipinski definition) is 2. The standard InChI is InChI=1S/C51H96O9/c1-3-5-7-9-11-13-15-17-19-20-21-22-24-26-28-30-32-34-36-41-49(56)59-45-51(43-52,46-60-50(57)42-38-37-39-47(53)54)44-58-48(55)40-35-33-31-29-27-25-23-18-16-14-12-10-8-6-4-2/h52H,3-46H2,1-2H3,(H,53,54). The summed E-state index contributed by atoms with van der Waals surface area (Å²) in [5, 5.41) is 19.3. The highest BCUT2D eigenvalue weighted by atomic mass is 16.6. The lowest BCUT2D eigenvalue weighted by Gasteiger charge is -2.30. The van der Waals surface area contributed by atoms with Gasteiger partial charge in [0.15, 0.2) is 0 Å². The van der Waals surface area contributed by atoms with Crippen molar-refractivity contribution in [2.45, 2.75) is 271 Å². The van der Waals surface area contributed by atoms with Crippen molar-refractivity contribution in [2.75, 3.05) is 26.4 Å². The molecule has 0 aliphatic carbocycles. The van der Waals surface area contributed by atoms with Crippen LogP contribution in [0.25, 0.3) is 0 Å². The summed E-state index contributed by atoms with van der Waals surface area (Å²) >= 11 is 0. The number of ether oxygens (including phenoxy) is 3. The number of unbranched alkanes of at least 4 members (excludes halogenated alkanes) is 33. The van der Waals surface area contributed by atoms with Crippen molar-refractivity contribution < 1.29 is 43.6 Å². The number of hydrogen-bond acceptors (Lipinski definition) is 8. The minimum atomic E-state index is -1.27. The minimum absolute atomic E-state index is 0.0291. The van der Waals surface area contributed by atoms with Crippen molar-refractivity contribution >= 4 is 23.9 Å². The van der Waals surface area contributed by atoms with Crippen molar-refractivity contribution in [3.8, 4) is 0 Å². The summed E-state index contributed by atoms with van der Waals surface area (Å²) in [6.07, 6.45) is 44.2. The van der Waals surface area contributed by atoms with Crippen molar-refractivity contribution in [2.24, 2.45) is 5.41 Å². The van der Waals surface area contributed by atoms with Gasteiger partial charge in [-0.05, 0) is 25.7 Å². The molecule has 1 atom stereocenters. The van der Waals surface area contributed by atoms with Crippen LogP contribution in [0.3, 0.4) is 0 Å². The molecule has 354 valence electrons. The smallest absolute Gasteiger partial charge is 0.305 e. The normalized spacial score (nSPS) is 12.3. The summed E-state index contributed by atoms with van der Waals surface area (Å²) in [6, 6.07) is 0. The zero-order valence-electron chi connectivity index (χ0n) is 39.4. The van der Waals surface area contributed by atoms with Crippen LogP contribution in [0.1, 0.15) is 271 Å². The Labute approximate surface area is 369 Å². The summed E-state index contributed by atoms with van der Waals surface area (Å²) in [4.78, 5) is 48.6. The van der Waals surface area contributed by atoms with Crippen LogP contribution in [0.2, 0.25) is 0 Å². The zero-order chi connectivity index (χ0) is 44.0. The van der Waals surface area contributed by atoms with Crippen LogP contribution in [-0.4, -0.2) is 60.5 Å². The minimum Gasteiger partial charge on any atom is -0.481 e. The predicted molar refractivity (Wildman–Crippen MR) is 246 cm³/mol. The van der Waals surface area contributed by atoms with E-state index in [0.717, 1.165) is 38.5 Å². The highest BCUT2D eigenvalue weighted by Gasteiger charge is 2.35. The molecule has 0 spiro atoms. The van der Waals surface area contributed by atoms with Gasteiger partial charge in [0, 0.05) is 25.7 Å². The molecule has 2 N–H and O–H groups in total. The second-order valence-corrected chi connectivity index (χ2v) is 18.1. The lowest BCUT2D eigenvalue weighted by Crippen LogP contribution is -2.42. The van der Waals surface area contributed by atoms with E-state index in [9.17, 15) is 24.3 Å². The van der Waals surface area contributed by atoms with Gasteiger partial charge in [-0.15, -0.1) is 0 Å². The Kier molecular flexibility index (Phi) is 43.3. The second kappa shape index (κ2) is 44.9. The predicted octanol–water partition coefficient (Wildman–Crippen LogP) is 14.3. The number of carboxylic acids is 1. The first kappa shape index (κ1) is 57.8. The number of carbonyl (C=O) groups is 4. The molecule has 0 radical (unpaired) electrons. The van der Waals surface area contributed by atoms with Gasteiger partial charge < -0.3 is 24.4 Å². The van der Waals surface area contributed by atoms with Crippen molar-refractivity contribution in [3.05, 3.63) is 0 Å². The van der Waals surface area contributed by atoms with Gasteiger partial charge in [0.2, 0.25) is 0 Å². The molecule has 0 aromatic carbocycles. The highest BCUT2D eigenvalue weighted by molar-refractivity contribution is 5.70. The number of aliphatic hydroxyl groups excluding tert-OH is 1. The molecule has 0 amide bonds. The zero-order valence-corrected chi connectivity index (χ0v) is 39.4. The lowest BCUT2D eigenvalue weighted by molar-refractivity contribution is -0.165. The monoisotopic (exact) mass is 853 g/mol. The van der Waals surface area contributed by atoms with Gasteiger partial charge in [-0.2, -0.15) is 0 Å². The summed E-state index contributed by atoms with van der Waals surface area (Å²) in [5.41, 5.74) is -1.27. The SMILES string of the molecule is CCCCCCCCCCCCCCCCCCCCCC(=O)OCC(CO)(COC(=O)CCCCCCCCCCCCCCCCC)COC(=O)CCCCC(=O)O. The Morgan fingerprint density at radius 1 is 0.333 bits per heavy atom. The van der Waals surface area contributed by atoms with Gasteiger partial charge in [0.1, 0.15) is 19.8 Å². The maximum Gasteiger partial charge on any atom is 0.305 e. The molecule has 0 saturated heterocycles. The van der Waals surface area contributed by atoms with Gasteiger partial charge in [-0.3, -0.25) is 19.2 Å². The average molecular weight is 853 g/mol. The van der Waals surface area contributed by atoms with E-state index in [1.54, 1.807) is 0 Å². The van der Waals surface area contributed by atoms with E-state index in [-0.39, 0.29) is 57.4 Å². The molecule has 0 aromatic rings. The van der Waals surface area contributed by atoms with E-state index in [0.29, 0.717) is 12.8 Å². The Morgan fingerprint density at radius 2 is 0.533 bits per heavy atom. The van der Waals surface area contributed by atoms with Crippen molar-refractivity contribution in [3.63, 3.8) is 0 Å². The summed E-state index contributed by atoms with van der Waals surface area (Å²) in [6.45, 7) is 3.28. The topological polar surface area (TPSA) is 136 Å². The largest absolute Gasteiger partial charge is 0.481 e. The van der Waals surface area contributed by atoms with Gasteiger partial charge in [-0.1, -0.05) is 219 Å². The molecular weight excluding hydrogens is 757 g/mol. The molecule has 0 fully saturated rings. The molecule has 9 nitrogen and oxygen atoms in total. The van der Waals surface area contributed by atoms with Gasteiger partial charge in [0.25, 0.3) is 0 Å². The Morgan fingerprint density at radius 3 is 0.750 bits per heavy atom. The fraction of sp³-hybridized carbons (Fsp3) is 0.922. The third kappa shape index (κ3) is 41.2. The second-order valence-electron chi connectivity index (χ2n) is 18.1. The van der Waals surface area contributed by atoms with Crippen LogP contribution in [-0.2, 0) is 33.4 Å². The number of carbonyl (C=O) groups excluding carboxylic acids is 3. The number of carboxylic acid groups (broad SMARTS) is 1. The first-order valence-corrected chi connectivity index (χ1v) is 25.6. The van der Waals surface area contributed by atoms with Crippen LogP contribution < -0.4 is 0 Å². The van der Waals surface area contributed by atoms with E-state index in [2.05, 4.69) is 13.8 Å². The first-order valence-electron chi connectivity index (χ1n) is 25.6.